The van der Waals surface area contributed by atoms with Crippen LogP contribution in [0.1, 0.15) is 0 Å². The molecule has 0 saturated carbocycles. The fourth-order valence-corrected chi connectivity index (χ4v) is 5.72. The lowest BCUT2D eigenvalue weighted by atomic mass is 10.2. The highest BCUT2D eigenvalue weighted by atomic mass is 32.2. The van der Waals surface area contributed by atoms with Crippen molar-refractivity contribution >= 4 is 33.4 Å². The molecule has 1 aromatic rings. The van der Waals surface area contributed by atoms with E-state index in [1.165, 1.54) is 18.1 Å². The number of carbonyl (C=O) groups is 2. The molecular weight excluding hydrogens is 382 g/mol. The van der Waals surface area contributed by atoms with E-state index in [9.17, 15) is 18.0 Å². The molecule has 0 aliphatic carbocycles. The number of sulfonamides is 1. The summed E-state index contributed by atoms with van der Waals surface area (Å²) in [7, 11) is -2.61. The second-order valence-electron chi connectivity index (χ2n) is 5.91. The lowest BCUT2D eigenvalue weighted by molar-refractivity contribution is -0.146. The predicted octanol–water partition coefficient (Wildman–Crippen LogP) is 0.0482. The Kier molecular flexibility index (Phi) is 5.80. The van der Waals surface area contributed by atoms with Crippen LogP contribution < -0.4 is 0 Å². The Morgan fingerprint density at radius 2 is 1.92 bits per heavy atom. The van der Waals surface area contributed by atoms with Gasteiger partial charge in [-0.2, -0.15) is 4.31 Å². The Balaban J connectivity index is 1.79. The number of hydrogen-bond acceptors (Lipinski definition) is 7. The fourth-order valence-electron chi connectivity index (χ4n) is 3.04. The van der Waals surface area contributed by atoms with Crippen molar-refractivity contribution in [2.45, 2.75) is 10.3 Å². The summed E-state index contributed by atoms with van der Waals surface area (Å²) in [6.07, 6.45) is 0. The van der Waals surface area contributed by atoms with Crippen LogP contribution in [0, 0.1) is 0 Å². The van der Waals surface area contributed by atoms with E-state index in [1.54, 1.807) is 16.3 Å². The van der Waals surface area contributed by atoms with Crippen LogP contribution in [0.5, 0.6) is 0 Å². The third-order valence-electron chi connectivity index (χ3n) is 4.41. The minimum atomic E-state index is -3.82. The maximum Gasteiger partial charge on any atom is 0.326 e. The number of esters is 1. The van der Waals surface area contributed by atoms with Crippen molar-refractivity contribution in [2.75, 3.05) is 53.0 Å². The zero-order valence-electron chi connectivity index (χ0n) is 14.4. The summed E-state index contributed by atoms with van der Waals surface area (Å²) in [6, 6.07) is 1.86. The molecule has 9 nitrogen and oxygen atoms in total. The summed E-state index contributed by atoms with van der Waals surface area (Å²) in [4.78, 5) is 28.1. The normalized spacial score (nSPS) is 22.3. The van der Waals surface area contributed by atoms with Gasteiger partial charge in [0.05, 0.1) is 20.3 Å². The van der Waals surface area contributed by atoms with Gasteiger partial charge < -0.3 is 19.3 Å². The average Bonchev–Trinajstić information content (AvgIpc) is 3.22. The number of hydrogen-bond donors (Lipinski definition) is 0. The molecule has 2 saturated heterocycles. The van der Waals surface area contributed by atoms with Gasteiger partial charge in [-0.1, -0.05) is 6.07 Å². The number of urea groups is 1. The molecule has 0 N–H and O–H groups in total. The number of amides is 2. The lowest BCUT2D eigenvalue weighted by Crippen LogP contribution is -2.61. The van der Waals surface area contributed by atoms with E-state index >= 15 is 0 Å². The van der Waals surface area contributed by atoms with Crippen molar-refractivity contribution in [3.05, 3.63) is 17.5 Å². The molecule has 144 valence electrons. The van der Waals surface area contributed by atoms with Crippen molar-refractivity contribution in [1.29, 1.82) is 0 Å². The first-order chi connectivity index (χ1) is 12.4. The Morgan fingerprint density at radius 3 is 2.54 bits per heavy atom. The molecule has 2 fully saturated rings. The molecular formula is C15H21N3O6S2. The zero-order chi connectivity index (χ0) is 18.7. The molecule has 26 heavy (non-hydrogen) atoms. The van der Waals surface area contributed by atoms with Crippen molar-refractivity contribution in [3.63, 3.8) is 0 Å². The smallest absolute Gasteiger partial charge is 0.326 e. The van der Waals surface area contributed by atoms with Gasteiger partial charge in [-0.05, 0) is 11.4 Å². The molecule has 1 unspecified atom stereocenters. The van der Waals surface area contributed by atoms with Crippen LogP contribution in [0.4, 0.5) is 4.79 Å². The van der Waals surface area contributed by atoms with Crippen LogP contribution in [0.25, 0.3) is 0 Å². The van der Waals surface area contributed by atoms with Gasteiger partial charge in [0.2, 0.25) is 0 Å². The predicted molar refractivity (Wildman–Crippen MR) is 93.4 cm³/mol. The third-order valence-corrected chi connectivity index (χ3v) is 7.70. The number of morpholine rings is 1. The summed E-state index contributed by atoms with van der Waals surface area (Å²) >= 11 is 1.09. The number of thiophene rings is 1. The molecule has 0 radical (unpaired) electrons. The zero-order valence-corrected chi connectivity index (χ0v) is 16.0. The molecule has 0 bridgehead atoms. The molecule has 0 aromatic carbocycles. The van der Waals surface area contributed by atoms with Crippen molar-refractivity contribution < 1.29 is 27.5 Å². The van der Waals surface area contributed by atoms with E-state index in [2.05, 4.69) is 0 Å². The quantitative estimate of drug-likeness (QED) is 0.662. The Labute approximate surface area is 156 Å². The first-order valence-corrected chi connectivity index (χ1v) is 10.5. The van der Waals surface area contributed by atoms with Crippen LogP contribution >= 0.6 is 11.3 Å². The Hall–Kier alpha value is -1.69. The lowest BCUT2D eigenvalue weighted by Gasteiger charge is -2.41. The van der Waals surface area contributed by atoms with Crippen LogP contribution in [0.2, 0.25) is 0 Å². The van der Waals surface area contributed by atoms with E-state index in [1.807, 2.05) is 0 Å². The third kappa shape index (κ3) is 3.70. The maximum absolute atomic E-state index is 12.9. The largest absolute Gasteiger partial charge is 0.468 e. The number of piperazine rings is 1. The molecule has 2 aliphatic rings. The summed E-state index contributed by atoms with van der Waals surface area (Å²) in [5, 5.41) is 1.66. The fraction of sp³-hybridized carbons (Fsp3) is 0.600. The van der Waals surface area contributed by atoms with E-state index in [0.717, 1.165) is 15.6 Å². The second-order valence-corrected chi connectivity index (χ2v) is 8.98. The van der Waals surface area contributed by atoms with Crippen LogP contribution in [-0.4, -0.2) is 93.6 Å². The van der Waals surface area contributed by atoms with Gasteiger partial charge in [0.25, 0.3) is 10.0 Å². The molecule has 2 aliphatic heterocycles. The van der Waals surface area contributed by atoms with E-state index in [0.29, 0.717) is 26.3 Å². The molecule has 11 heteroatoms. The van der Waals surface area contributed by atoms with Gasteiger partial charge in [0.15, 0.2) is 0 Å². The van der Waals surface area contributed by atoms with E-state index < -0.39 is 22.0 Å². The number of carbonyl (C=O) groups excluding carboxylic acids is 2. The highest BCUT2D eigenvalue weighted by Gasteiger charge is 2.43. The van der Waals surface area contributed by atoms with Gasteiger partial charge in [0.1, 0.15) is 10.3 Å². The van der Waals surface area contributed by atoms with Crippen LogP contribution in [0.3, 0.4) is 0 Å². The Bertz CT molecular complexity index is 745. The average molecular weight is 403 g/mol. The van der Waals surface area contributed by atoms with E-state index in [-0.39, 0.29) is 29.9 Å². The van der Waals surface area contributed by atoms with Gasteiger partial charge in [-0.25, -0.2) is 13.2 Å². The summed E-state index contributed by atoms with van der Waals surface area (Å²) < 4.78 is 37.0. The maximum atomic E-state index is 12.9. The molecule has 1 aromatic heterocycles. The van der Waals surface area contributed by atoms with Crippen molar-refractivity contribution in [3.8, 4) is 0 Å². The topological polar surface area (TPSA) is 96.5 Å². The van der Waals surface area contributed by atoms with Gasteiger partial charge in [-0.3, -0.25) is 4.79 Å². The minimum absolute atomic E-state index is 0.0343. The number of ether oxygens (including phenoxy) is 2. The number of nitrogens with zero attached hydrogens (tertiary/aromatic N) is 3. The number of rotatable bonds is 3. The van der Waals surface area contributed by atoms with Gasteiger partial charge in [-0.15, -0.1) is 11.3 Å². The van der Waals surface area contributed by atoms with Gasteiger partial charge in [0, 0.05) is 32.7 Å². The monoisotopic (exact) mass is 403 g/mol. The highest BCUT2D eigenvalue weighted by molar-refractivity contribution is 7.91. The molecule has 1 atom stereocenters. The molecule has 2 amide bonds. The highest BCUT2D eigenvalue weighted by Crippen LogP contribution is 2.26. The molecule has 3 rings (SSSR count). The van der Waals surface area contributed by atoms with Crippen LogP contribution in [-0.2, 0) is 24.3 Å². The van der Waals surface area contributed by atoms with E-state index in [4.69, 9.17) is 9.47 Å². The molecule has 3 heterocycles. The first-order valence-electron chi connectivity index (χ1n) is 8.20. The summed E-state index contributed by atoms with van der Waals surface area (Å²) in [5.74, 6) is -0.676. The minimum Gasteiger partial charge on any atom is -0.468 e. The number of methoxy groups -OCH3 is 1. The second kappa shape index (κ2) is 7.91. The van der Waals surface area contributed by atoms with Gasteiger partial charge >= 0.3 is 12.0 Å². The SMILES string of the molecule is COC(=O)C1CN(C(=O)N2CCOCC2)CCN1S(=O)(=O)c1cccs1. The van der Waals surface area contributed by atoms with Crippen LogP contribution in [0.15, 0.2) is 21.7 Å². The summed E-state index contributed by atoms with van der Waals surface area (Å²) in [6.45, 7) is 2.13. The van der Waals surface area contributed by atoms with Crippen molar-refractivity contribution in [1.82, 2.24) is 14.1 Å². The molecule has 0 spiro atoms. The Morgan fingerprint density at radius 1 is 1.19 bits per heavy atom. The first kappa shape index (κ1) is 19.1. The summed E-state index contributed by atoms with van der Waals surface area (Å²) in [5.41, 5.74) is 0. The van der Waals surface area contributed by atoms with Crippen molar-refractivity contribution in [2.24, 2.45) is 0 Å². The standard InChI is InChI=1S/C15H21N3O6S2/c1-23-14(19)12-11-17(15(20)16-6-8-24-9-7-16)4-5-18(12)26(21,22)13-3-2-10-25-13/h2-3,10,12H,4-9,11H2,1H3.